The van der Waals surface area contributed by atoms with Gasteiger partial charge in [0.2, 0.25) is 5.75 Å². The Hall–Kier alpha value is -2.49. The van der Waals surface area contributed by atoms with E-state index in [-0.39, 0.29) is 0 Å². The Morgan fingerprint density at radius 3 is 2.90 bits per heavy atom. The highest BCUT2D eigenvalue weighted by molar-refractivity contribution is 5.83. The van der Waals surface area contributed by atoms with Gasteiger partial charge < -0.3 is 14.2 Å². The summed E-state index contributed by atoms with van der Waals surface area (Å²) in [6, 6.07) is 11.9. The third-order valence-corrected chi connectivity index (χ3v) is 3.64. The first-order valence-corrected chi connectivity index (χ1v) is 6.50. The van der Waals surface area contributed by atoms with Crippen molar-refractivity contribution in [2.75, 3.05) is 7.11 Å². The van der Waals surface area contributed by atoms with Crippen LogP contribution in [0.15, 0.2) is 36.4 Å². The van der Waals surface area contributed by atoms with Crippen LogP contribution in [0.4, 0.5) is 5.69 Å². The topological polar surface area (TPSA) is 30.7 Å². The van der Waals surface area contributed by atoms with Crippen LogP contribution in [0.3, 0.4) is 0 Å². The number of hydrogen-bond donors (Lipinski definition) is 0. The largest absolute Gasteiger partial charge is 0.497 e. The molecule has 0 saturated heterocycles. The molecule has 0 fully saturated rings. The molecule has 4 rings (SSSR count). The number of methoxy groups -OCH3 is 1. The zero-order chi connectivity index (χ0) is 13.7. The van der Waals surface area contributed by atoms with Crippen LogP contribution in [-0.2, 0) is 0 Å². The molecule has 2 aliphatic rings. The van der Waals surface area contributed by atoms with Crippen LogP contribution in [0.1, 0.15) is 11.1 Å². The molecule has 1 unspecified atom stereocenters. The first-order valence-electron chi connectivity index (χ1n) is 6.50. The van der Waals surface area contributed by atoms with E-state index in [9.17, 15) is 0 Å². The Morgan fingerprint density at radius 1 is 1.15 bits per heavy atom. The lowest BCUT2D eigenvalue weighted by Crippen LogP contribution is -2.34. The molecule has 100 valence electrons. The number of aryl methyl sites for hydroxylation is 1. The lowest BCUT2D eigenvalue weighted by molar-refractivity contribution is -0.555. The minimum atomic E-state index is -0.439. The predicted octanol–water partition coefficient (Wildman–Crippen LogP) is 2.84. The molecule has 4 nitrogen and oxygen atoms in total. The highest BCUT2D eigenvalue weighted by Gasteiger charge is 2.41. The Morgan fingerprint density at radius 2 is 2.05 bits per heavy atom. The molecule has 20 heavy (non-hydrogen) atoms. The SMILES string of the molecule is COc1ccc2c(c1)OC1Oc3c(C)cccc3C=[N+]21. The molecule has 2 aliphatic heterocycles. The molecule has 0 spiro atoms. The van der Waals surface area contributed by atoms with Crippen LogP contribution < -0.4 is 14.2 Å². The fourth-order valence-corrected chi connectivity index (χ4v) is 2.61. The van der Waals surface area contributed by atoms with E-state index in [1.165, 1.54) is 0 Å². The Bertz CT molecular complexity index is 736. The third kappa shape index (κ3) is 1.51. The normalized spacial score (nSPS) is 18.1. The van der Waals surface area contributed by atoms with Gasteiger partial charge >= 0.3 is 6.41 Å². The average molecular weight is 268 g/mol. The molecule has 0 radical (unpaired) electrons. The molecule has 2 aromatic rings. The van der Waals surface area contributed by atoms with Gasteiger partial charge in [-0.3, -0.25) is 0 Å². The van der Waals surface area contributed by atoms with Crippen LogP contribution in [0, 0.1) is 6.92 Å². The summed E-state index contributed by atoms with van der Waals surface area (Å²) in [5.41, 5.74) is 3.16. The number of hydrogen-bond acceptors (Lipinski definition) is 3. The second-order valence-corrected chi connectivity index (χ2v) is 4.91. The number of ether oxygens (including phenoxy) is 3. The molecule has 0 saturated carbocycles. The first kappa shape index (κ1) is 11.3. The van der Waals surface area contributed by atoms with Gasteiger partial charge in [-0.15, -0.1) is 4.58 Å². The minimum Gasteiger partial charge on any atom is -0.497 e. The number of nitrogens with zero attached hydrogens (tertiary/aromatic N) is 1. The van der Waals surface area contributed by atoms with Crippen molar-refractivity contribution in [1.29, 1.82) is 0 Å². The molecule has 2 heterocycles. The van der Waals surface area contributed by atoms with E-state index in [1.807, 2.05) is 47.9 Å². The number of rotatable bonds is 1. The summed E-state index contributed by atoms with van der Waals surface area (Å²) in [6.07, 6.45) is 1.63. The first-order chi connectivity index (χ1) is 9.76. The van der Waals surface area contributed by atoms with E-state index in [1.54, 1.807) is 7.11 Å². The van der Waals surface area contributed by atoms with Crippen molar-refractivity contribution in [2.24, 2.45) is 0 Å². The Balaban J connectivity index is 1.84. The van der Waals surface area contributed by atoms with E-state index in [0.717, 1.165) is 34.1 Å². The summed E-state index contributed by atoms with van der Waals surface area (Å²) in [5.74, 6) is 2.43. The van der Waals surface area contributed by atoms with E-state index in [4.69, 9.17) is 14.2 Å². The second-order valence-electron chi connectivity index (χ2n) is 4.91. The Labute approximate surface area is 116 Å². The standard InChI is InChI=1S/C16H14NO3/c1-10-4-3-5-11-9-17-13-7-6-12(18-2)8-14(13)19-16(17)20-15(10)11/h3-9,16H,1-2H3/q+1. The quantitative estimate of drug-likeness (QED) is 0.745. The summed E-state index contributed by atoms with van der Waals surface area (Å²) >= 11 is 0. The van der Waals surface area contributed by atoms with Crippen molar-refractivity contribution in [3.63, 3.8) is 0 Å². The maximum Gasteiger partial charge on any atom is 0.468 e. The van der Waals surface area contributed by atoms with Crippen LogP contribution in [0.25, 0.3) is 0 Å². The van der Waals surface area contributed by atoms with Gasteiger partial charge in [0.25, 0.3) is 5.69 Å². The summed E-state index contributed by atoms with van der Waals surface area (Å²) in [5, 5.41) is 0. The van der Waals surface area contributed by atoms with Crippen molar-refractivity contribution in [1.82, 2.24) is 0 Å². The van der Waals surface area contributed by atoms with E-state index in [0.29, 0.717) is 0 Å². The number of benzene rings is 2. The van der Waals surface area contributed by atoms with Crippen LogP contribution >= 0.6 is 0 Å². The van der Waals surface area contributed by atoms with Gasteiger partial charge in [-0.25, -0.2) is 0 Å². The van der Waals surface area contributed by atoms with Crippen molar-refractivity contribution >= 4 is 11.9 Å². The molecule has 0 amide bonds. The molecule has 4 heteroatoms. The van der Waals surface area contributed by atoms with Gasteiger partial charge in [0.05, 0.1) is 12.7 Å². The van der Waals surface area contributed by atoms with Gasteiger partial charge in [0, 0.05) is 12.1 Å². The van der Waals surface area contributed by atoms with Gasteiger partial charge in [-0.05, 0) is 24.6 Å². The number of para-hydroxylation sites is 1. The zero-order valence-electron chi connectivity index (χ0n) is 11.3. The molecule has 0 aliphatic carbocycles. The molecule has 2 aromatic carbocycles. The van der Waals surface area contributed by atoms with Crippen molar-refractivity contribution in [3.8, 4) is 17.2 Å². The molecule has 0 bridgehead atoms. The highest BCUT2D eigenvalue weighted by Crippen LogP contribution is 2.41. The minimum absolute atomic E-state index is 0.439. The molecule has 0 N–H and O–H groups in total. The summed E-state index contributed by atoms with van der Waals surface area (Å²) in [7, 11) is 1.64. The third-order valence-electron chi connectivity index (χ3n) is 3.64. The maximum atomic E-state index is 5.97. The lowest BCUT2D eigenvalue weighted by atomic mass is 10.1. The summed E-state index contributed by atoms with van der Waals surface area (Å²) < 4.78 is 19.1. The lowest BCUT2D eigenvalue weighted by Gasteiger charge is -2.17. The summed E-state index contributed by atoms with van der Waals surface area (Å²) in [4.78, 5) is 0. The summed E-state index contributed by atoms with van der Waals surface area (Å²) in [6.45, 7) is 2.04. The molecular weight excluding hydrogens is 254 g/mol. The molecular formula is C16H14NO3+. The van der Waals surface area contributed by atoms with Crippen LogP contribution in [0.2, 0.25) is 0 Å². The maximum absolute atomic E-state index is 5.97. The fraction of sp³-hybridized carbons (Fsp3) is 0.188. The number of fused-ring (bicyclic) bond motifs is 4. The monoisotopic (exact) mass is 268 g/mol. The van der Waals surface area contributed by atoms with Crippen LogP contribution in [-0.4, -0.2) is 24.3 Å². The molecule has 1 atom stereocenters. The fourth-order valence-electron chi connectivity index (χ4n) is 2.61. The van der Waals surface area contributed by atoms with Crippen molar-refractivity contribution < 1.29 is 18.8 Å². The van der Waals surface area contributed by atoms with Gasteiger partial charge in [0.15, 0.2) is 6.21 Å². The van der Waals surface area contributed by atoms with Gasteiger partial charge in [-0.1, -0.05) is 12.1 Å². The highest BCUT2D eigenvalue weighted by atomic mass is 16.7. The van der Waals surface area contributed by atoms with E-state index in [2.05, 4.69) is 6.21 Å². The van der Waals surface area contributed by atoms with Gasteiger partial charge in [-0.2, -0.15) is 0 Å². The van der Waals surface area contributed by atoms with Crippen LogP contribution in [0.5, 0.6) is 17.2 Å². The van der Waals surface area contributed by atoms with E-state index < -0.39 is 6.41 Å². The zero-order valence-corrected chi connectivity index (χ0v) is 11.3. The van der Waals surface area contributed by atoms with Crippen molar-refractivity contribution in [2.45, 2.75) is 13.3 Å². The second kappa shape index (κ2) is 4.00. The van der Waals surface area contributed by atoms with E-state index >= 15 is 0 Å². The average Bonchev–Trinajstić information content (AvgIpc) is 2.82. The molecule has 0 aromatic heterocycles. The van der Waals surface area contributed by atoms with Gasteiger partial charge in [0.1, 0.15) is 11.5 Å². The smallest absolute Gasteiger partial charge is 0.468 e. The van der Waals surface area contributed by atoms with Crippen molar-refractivity contribution in [3.05, 3.63) is 47.5 Å². The Kier molecular flexibility index (Phi) is 2.27. The predicted molar refractivity (Wildman–Crippen MR) is 74.3 cm³/mol.